The second-order valence-corrected chi connectivity index (χ2v) is 12.4. The van der Waals surface area contributed by atoms with Gasteiger partial charge >= 0.3 is 0 Å². The molecular formula is C46H30N4O. The Kier molecular flexibility index (Phi) is 7.76. The Bertz CT molecular complexity index is 2580. The van der Waals surface area contributed by atoms with Gasteiger partial charge in [-0.05, 0) is 104 Å². The van der Waals surface area contributed by atoms with Crippen LogP contribution in [0, 0.1) is 0 Å². The lowest BCUT2D eigenvalue weighted by Crippen LogP contribution is -1.87. The number of hydrogen-bond donors (Lipinski definition) is 0. The van der Waals surface area contributed by atoms with E-state index < -0.39 is 0 Å². The molecule has 4 heterocycles. The number of benzene rings is 5. The minimum atomic E-state index is 0.581. The molecule has 0 amide bonds. The van der Waals surface area contributed by atoms with Gasteiger partial charge in [0.05, 0.1) is 0 Å². The summed E-state index contributed by atoms with van der Waals surface area (Å²) >= 11 is 0. The summed E-state index contributed by atoms with van der Waals surface area (Å²) in [5.74, 6) is 0.581. The maximum absolute atomic E-state index is 6.55. The van der Waals surface area contributed by atoms with Crippen molar-refractivity contribution in [2.24, 2.45) is 0 Å². The number of rotatable bonds is 7. The highest BCUT2D eigenvalue weighted by molar-refractivity contribution is 5.96. The van der Waals surface area contributed by atoms with Gasteiger partial charge in [0.1, 0.15) is 5.52 Å². The summed E-state index contributed by atoms with van der Waals surface area (Å²) in [7, 11) is 0. The average molecular weight is 655 g/mol. The highest BCUT2D eigenvalue weighted by Gasteiger charge is 2.17. The number of oxazole rings is 1. The highest BCUT2D eigenvalue weighted by Crippen LogP contribution is 2.38. The molecule has 4 aromatic heterocycles. The minimum Gasteiger partial charge on any atom is -0.436 e. The number of aromatic nitrogens is 4. The van der Waals surface area contributed by atoms with Crippen LogP contribution in [0.1, 0.15) is 0 Å². The van der Waals surface area contributed by atoms with Crippen LogP contribution in [0.25, 0.3) is 89.3 Å². The van der Waals surface area contributed by atoms with E-state index in [0.29, 0.717) is 5.89 Å². The van der Waals surface area contributed by atoms with Crippen LogP contribution >= 0.6 is 0 Å². The van der Waals surface area contributed by atoms with E-state index in [1.807, 2.05) is 36.8 Å². The molecule has 0 saturated heterocycles. The third-order valence-electron chi connectivity index (χ3n) is 9.22. The second-order valence-electron chi connectivity index (χ2n) is 12.4. The summed E-state index contributed by atoms with van der Waals surface area (Å²) < 4.78 is 6.55. The lowest BCUT2D eigenvalue weighted by Gasteiger charge is -2.09. The molecule has 0 radical (unpaired) electrons. The fraction of sp³-hybridized carbons (Fsp3) is 0. The summed E-state index contributed by atoms with van der Waals surface area (Å²) in [6.45, 7) is 0. The number of nitrogens with zero attached hydrogens (tertiary/aromatic N) is 4. The van der Waals surface area contributed by atoms with E-state index >= 15 is 0 Å². The van der Waals surface area contributed by atoms with Crippen LogP contribution < -0.4 is 0 Å². The van der Waals surface area contributed by atoms with Gasteiger partial charge in [0.2, 0.25) is 5.89 Å². The molecular weight excluding hydrogens is 625 g/mol. The van der Waals surface area contributed by atoms with Gasteiger partial charge in [-0.2, -0.15) is 0 Å². The van der Waals surface area contributed by atoms with Crippen molar-refractivity contribution >= 4 is 11.1 Å². The monoisotopic (exact) mass is 654 g/mol. The number of pyridine rings is 3. The number of hydrogen-bond acceptors (Lipinski definition) is 5. The van der Waals surface area contributed by atoms with Gasteiger partial charge in [-0.25, -0.2) is 4.98 Å². The third kappa shape index (κ3) is 6.09. The molecule has 0 saturated carbocycles. The first kappa shape index (κ1) is 30.1. The molecule has 9 rings (SSSR count). The first-order valence-electron chi connectivity index (χ1n) is 16.8. The quantitative estimate of drug-likeness (QED) is 0.171. The van der Waals surface area contributed by atoms with Crippen molar-refractivity contribution in [1.29, 1.82) is 0 Å². The SMILES string of the molecule is c1cncc(-c2ccc(-c3cc(-c4ccc(-c5cccnc5)cc4)c4nc(-c5ccc(-c6cccc(-c7cccnc7)c6)cc5)oc4c3)cc2)c1. The predicted molar refractivity (Wildman–Crippen MR) is 205 cm³/mol. The molecule has 240 valence electrons. The summed E-state index contributed by atoms with van der Waals surface area (Å²) in [5.41, 5.74) is 15.6. The van der Waals surface area contributed by atoms with E-state index in [1.54, 1.807) is 18.6 Å². The van der Waals surface area contributed by atoms with Crippen molar-refractivity contribution in [2.45, 2.75) is 0 Å². The maximum atomic E-state index is 6.55. The normalized spacial score (nSPS) is 11.1. The van der Waals surface area contributed by atoms with Gasteiger partial charge in [-0.3, -0.25) is 15.0 Å². The summed E-state index contributed by atoms with van der Waals surface area (Å²) in [5, 5.41) is 0. The Morgan fingerprint density at radius 1 is 0.333 bits per heavy atom. The van der Waals surface area contributed by atoms with E-state index in [9.17, 15) is 0 Å². The Balaban J connectivity index is 1.10. The zero-order valence-corrected chi connectivity index (χ0v) is 27.5. The van der Waals surface area contributed by atoms with E-state index in [2.05, 4.69) is 142 Å². The molecule has 0 aliphatic rings. The Hall–Kier alpha value is -6.98. The van der Waals surface area contributed by atoms with Crippen molar-refractivity contribution in [2.75, 3.05) is 0 Å². The standard InChI is InChI=1S/C46H30N4O/c1-5-37(25-38(6-1)41-9-4-24-49-30-41)31-16-20-36(21-17-31)46-50-45-43(35-18-14-33(15-19-35)40-8-3-23-48-29-40)26-42(27-44(45)51-46)34-12-10-32(11-13-34)39-7-2-22-47-28-39/h1-30H. The van der Waals surface area contributed by atoms with Crippen molar-refractivity contribution < 1.29 is 4.42 Å². The lowest BCUT2D eigenvalue weighted by atomic mass is 9.95. The zero-order chi connectivity index (χ0) is 34.0. The molecule has 0 spiro atoms. The van der Waals surface area contributed by atoms with Gasteiger partial charge in [-0.1, -0.05) is 97.1 Å². The van der Waals surface area contributed by atoms with Gasteiger partial charge in [0.15, 0.2) is 5.58 Å². The first-order valence-corrected chi connectivity index (χ1v) is 16.8. The maximum Gasteiger partial charge on any atom is 0.227 e. The zero-order valence-electron chi connectivity index (χ0n) is 27.5. The molecule has 0 aliphatic heterocycles. The van der Waals surface area contributed by atoms with Crippen LogP contribution in [-0.4, -0.2) is 19.9 Å². The van der Waals surface area contributed by atoms with E-state index in [1.165, 1.54) is 0 Å². The molecule has 0 aliphatic carbocycles. The molecule has 5 nitrogen and oxygen atoms in total. The fourth-order valence-corrected chi connectivity index (χ4v) is 6.52. The topological polar surface area (TPSA) is 64.7 Å². The van der Waals surface area contributed by atoms with Gasteiger partial charge in [-0.15, -0.1) is 0 Å². The van der Waals surface area contributed by atoms with Crippen LogP contribution in [0.2, 0.25) is 0 Å². The van der Waals surface area contributed by atoms with Crippen LogP contribution in [-0.2, 0) is 0 Å². The van der Waals surface area contributed by atoms with E-state index in [-0.39, 0.29) is 0 Å². The third-order valence-corrected chi connectivity index (χ3v) is 9.22. The van der Waals surface area contributed by atoms with Crippen molar-refractivity contribution in [3.63, 3.8) is 0 Å². The molecule has 0 N–H and O–H groups in total. The minimum absolute atomic E-state index is 0.581. The summed E-state index contributed by atoms with van der Waals surface area (Å²) in [6.07, 6.45) is 11.0. The molecule has 51 heavy (non-hydrogen) atoms. The fourth-order valence-electron chi connectivity index (χ4n) is 6.52. The first-order chi connectivity index (χ1) is 25.2. The number of fused-ring (bicyclic) bond motifs is 1. The largest absolute Gasteiger partial charge is 0.436 e. The summed E-state index contributed by atoms with van der Waals surface area (Å²) in [6, 6.07) is 50.5. The lowest BCUT2D eigenvalue weighted by molar-refractivity contribution is 0.620. The molecule has 9 aromatic rings. The van der Waals surface area contributed by atoms with E-state index in [4.69, 9.17) is 9.40 Å². The van der Waals surface area contributed by atoms with Crippen LogP contribution in [0.15, 0.2) is 187 Å². The van der Waals surface area contributed by atoms with Crippen LogP contribution in [0.5, 0.6) is 0 Å². The molecule has 0 bridgehead atoms. The molecule has 0 fully saturated rings. The van der Waals surface area contributed by atoms with Gasteiger partial charge in [0.25, 0.3) is 0 Å². The average Bonchev–Trinajstić information content (AvgIpc) is 3.66. The van der Waals surface area contributed by atoms with Crippen molar-refractivity contribution in [3.8, 4) is 78.2 Å². The van der Waals surface area contributed by atoms with Crippen molar-refractivity contribution in [3.05, 3.63) is 183 Å². The van der Waals surface area contributed by atoms with Gasteiger partial charge < -0.3 is 4.42 Å². The Morgan fingerprint density at radius 2 is 0.765 bits per heavy atom. The van der Waals surface area contributed by atoms with E-state index in [0.717, 1.165) is 83.4 Å². The molecule has 0 atom stereocenters. The molecule has 5 aromatic carbocycles. The Morgan fingerprint density at radius 3 is 1.29 bits per heavy atom. The van der Waals surface area contributed by atoms with Crippen LogP contribution in [0.4, 0.5) is 0 Å². The van der Waals surface area contributed by atoms with Gasteiger partial charge in [0, 0.05) is 53.9 Å². The van der Waals surface area contributed by atoms with Crippen molar-refractivity contribution in [1.82, 2.24) is 19.9 Å². The second kappa shape index (κ2) is 13.1. The Labute approximate surface area is 295 Å². The molecule has 0 unspecified atom stereocenters. The van der Waals surface area contributed by atoms with Crippen LogP contribution in [0.3, 0.4) is 0 Å². The predicted octanol–water partition coefficient (Wildman–Crippen LogP) is 11.7. The summed E-state index contributed by atoms with van der Waals surface area (Å²) in [4.78, 5) is 18.0. The highest BCUT2D eigenvalue weighted by atomic mass is 16.3. The smallest absolute Gasteiger partial charge is 0.227 e. The molecule has 5 heteroatoms.